The molecular weight excluding hydrogens is 341 g/mol. The van der Waals surface area contributed by atoms with E-state index in [0.29, 0.717) is 18.4 Å². The Hall–Kier alpha value is -2.47. The predicted octanol–water partition coefficient (Wildman–Crippen LogP) is 2.97. The molecule has 1 aromatic carbocycles. The van der Waals surface area contributed by atoms with Crippen LogP contribution in [0.2, 0.25) is 0 Å². The first-order valence-electron chi connectivity index (χ1n) is 7.82. The second-order valence-corrected chi connectivity index (χ2v) is 6.15. The Morgan fingerprint density at radius 3 is 2.68 bits per heavy atom. The Bertz CT molecular complexity index is 843. The number of nitrogens with zero attached hydrogens (tertiary/aromatic N) is 3. The first-order chi connectivity index (χ1) is 11.5. The van der Waals surface area contributed by atoms with Crippen LogP contribution in [0.4, 0.5) is 4.39 Å². The minimum Gasteiger partial charge on any atom is -0.369 e. The summed E-state index contributed by atoms with van der Waals surface area (Å²) in [6, 6.07) is 7.10. The molecule has 132 valence electrons. The zero-order valence-electron chi connectivity index (χ0n) is 14.2. The number of pyridine rings is 1. The van der Waals surface area contributed by atoms with Gasteiger partial charge in [-0.25, -0.2) is 4.39 Å². The van der Waals surface area contributed by atoms with E-state index in [2.05, 4.69) is 15.2 Å². The van der Waals surface area contributed by atoms with Crippen LogP contribution in [0.3, 0.4) is 0 Å². The molecule has 0 aliphatic heterocycles. The summed E-state index contributed by atoms with van der Waals surface area (Å²) in [5.41, 5.74) is 16.2. The molecule has 4 N–H and O–H groups in total. The zero-order chi connectivity index (χ0) is 17.3. The number of hydrogen-bond donors (Lipinski definition) is 2. The number of rotatable bonds is 2. The molecule has 0 saturated heterocycles. The number of guanidine groups is 1. The van der Waals surface area contributed by atoms with E-state index < -0.39 is 0 Å². The van der Waals surface area contributed by atoms with Crippen molar-refractivity contribution in [3.8, 4) is 0 Å². The van der Waals surface area contributed by atoms with Crippen LogP contribution in [0.5, 0.6) is 0 Å². The topological polar surface area (TPSA) is 89.6 Å². The summed E-state index contributed by atoms with van der Waals surface area (Å²) >= 11 is 0. The van der Waals surface area contributed by atoms with E-state index in [1.165, 1.54) is 6.07 Å². The van der Waals surface area contributed by atoms with Crippen LogP contribution < -0.4 is 11.5 Å². The molecule has 1 unspecified atom stereocenters. The molecule has 5 nitrogen and oxygen atoms in total. The lowest BCUT2D eigenvalue weighted by Gasteiger charge is -2.26. The normalized spacial score (nSPS) is 17.6. The van der Waals surface area contributed by atoms with Gasteiger partial charge in [-0.2, -0.15) is 5.10 Å². The summed E-state index contributed by atoms with van der Waals surface area (Å²) < 4.78 is 14.3. The summed E-state index contributed by atoms with van der Waals surface area (Å²) in [5, 5.41) is 8.00. The van der Waals surface area contributed by atoms with Gasteiger partial charge in [0.2, 0.25) is 5.96 Å². The highest BCUT2D eigenvalue weighted by molar-refractivity contribution is 6.04. The number of halogens is 2. The molecule has 0 radical (unpaired) electrons. The molecule has 1 aliphatic rings. The van der Waals surface area contributed by atoms with E-state index in [9.17, 15) is 4.39 Å². The van der Waals surface area contributed by atoms with Crippen molar-refractivity contribution in [3.05, 3.63) is 64.2 Å². The largest absolute Gasteiger partial charge is 0.369 e. The van der Waals surface area contributed by atoms with Crippen LogP contribution in [-0.4, -0.2) is 16.7 Å². The fraction of sp³-hybridized carbons (Fsp3) is 0.278. The fourth-order valence-corrected chi connectivity index (χ4v) is 3.21. The molecule has 0 spiro atoms. The Kier molecular flexibility index (Phi) is 5.74. The number of aromatic nitrogens is 1. The van der Waals surface area contributed by atoms with Gasteiger partial charge in [-0.3, -0.25) is 4.98 Å². The summed E-state index contributed by atoms with van der Waals surface area (Å²) in [7, 11) is 0. The van der Waals surface area contributed by atoms with E-state index in [4.69, 9.17) is 11.5 Å². The first-order valence-corrected chi connectivity index (χ1v) is 7.82. The molecule has 25 heavy (non-hydrogen) atoms. The third-order valence-electron chi connectivity index (χ3n) is 4.28. The minimum atomic E-state index is -0.206. The number of benzene rings is 1. The van der Waals surface area contributed by atoms with Gasteiger partial charge >= 0.3 is 0 Å². The van der Waals surface area contributed by atoms with Gasteiger partial charge in [-0.1, -0.05) is 17.7 Å². The molecule has 1 atom stereocenters. The van der Waals surface area contributed by atoms with Crippen molar-refractivity contribution in [3.63, 3.8) is 0 Å². The molecule has 3 rings (SSSR count). The lowest BCUT2D eigenvalue weighted by atomic mass is 9.79. The average molecular weight is 362 g/mol. The second-order valence-electron chi connectivity index (χ2n) is 6.15. The summed E-state index contributed by atoms with van der Waals surface area (Å²) in [5.74, 6) is -0.350. The van der Waals surface area contributed by atoms with E-state index in [-0.39, 0.29) is 30.1 Å². The molecule has 7 heteroatoms. The third-order valence-corrected chi connectivity index (χ3v) is 4.28. The average Bonchev–Trinajstić information content (AvgIpc) is 2.54. The Balaban J connectivity index is 0.00000225. The lowest BCUT2D eigenvalue weighted by Crippen LogP contribution is -2.24. The van der Waals surface area contributed by atoms with Crippen molar-refractivity contribution >= 4 is 24.1 Å². The first kappa shape index (κ1) is 18.9. The van der Waals surface area contributed by atoms with Crippen LogP contribution in [0, 0.1) is 19.7 Å². The zero-order valence-corrected chi connectivity index (χ0v) is 15.0. The van der Waals surface area contributed by atoms with Crippen LogP contribution in [-0.2, 0) is 6.42 Å². The maximum Gasteiger partial charge on any atom is 0.211 e. The number of fused-ring (bicyclic) bond motifs is 1. The maximum absolute atomic E-state index is 14.3. The van der Waals surface area contributed by atoms with E-state index >= 15 is 0 Å². The number of aryl methyl sites for hydroxylation is 2. The van der Waals surface area contributed by atoms with Crippen molar-refractivity contribution in [2.24, 2.45) is 21.7 Å². The van der Waals surface area contributed by atoms with Gasteiger partial charge in [0.1, 0.15) is 5.82 Å². The quantitative estimate of drug-likeness (QED) is 0.489. The van der Waals surface area contributed by atoms with Gasteiger partial charge in [0, 0.05) is 11.8 Å². The fourth-order valence-electron chi connectivity index (χ4n) is 3.21. The highest BCUT2D eigenvalue weighted by Crippen LogP contribution is 2.35. The van der Waals surface area contributed by atoms with Gasteiger partial charge in [0.25, 0.3) is 0 Å². The molecule has 1 heterocycles. The molecular formula is C18H21ClFN5. The smallest absolute Gasteiger partial charge is 0.211 e. The van der Waals surface area contributed by atoms with Crippen molar-refractivity contribution in [1.82, 2.24) is 4.98 Å². The van der Waals surface area contributed by atoms with Crippen molar-refractivity contribution in [2.75, 3.05) is 0 Å². The molecule has 0 saturated carbocycles. The Morgan fingerprint density at radius 1 is 1.20 bits per heavy atom. The van der Waals surface area contributed by atoms with Crippen molar-refractivity contribution in [2.45, 2.75) is 32.6 Å². The molecule has 0 fully saturated rings. The Morgan fingerprint density at radius 2 is 1.96 bits per heavy atom. The lowest BCUT2D eigenvalue weighted by molar-refractivity contribution is 0.571. The third kappa shape index (κ3) is 3.96. The maximum atomic E-state index is 14.3. The molecule has 1 aliphatic carbocycles. The second kappa shape index (κ2) is 7.61. The predicted molar refractivity (Wildman–Crippen MR) is 101 cm³/mol. The van der Waals surface area contributed by atoms with E-state index in [1.807, 2.05) is 26.0 Å². The molecule has 0 bridgehead atoms. The van der Waals surface area contributed by atoms with Crippen LogP contribution in [0.15, 0.2) is 40.7 Å². The van der Waals surface area contributed by atoms with Crippen LogP contribution in [0.25, 0.3) is 0 Å². The highest BCUT2D eigenvalue weighted by Gasteiger charge is 2.29. The molecule has 2 aromatic rings. The molecule has 0 amide bonds. The number of nitrogens with two attached hydrogens (primary N) is 2. The van der Waals surface area contributed by atoms with E-state index in [0.717, 1.165) is 28.1 Å². The van der Waals surface area contributed by atoms with Gasteiger partial charge in [0.05, 0.1) is 11.4 Å². The van der Waals surface area contributed by atoms with E-state index in [1.54, 1.807) is 12.3 Å². The molecule has 1 aromatic heterocycles. The Labute approximate surface area is 152 Å². The van der Waals surface area contributed by atoms with Crippen molar-refractivity contribution in [1.29, 1.82) is 0 Å². The summed E-state index contributed by atoms with van der Waals surface area (Å²) in [4.78, 5) is 4.47. The van der Waals surface area contributed by atoms with Crippen LogP contribution in [0.1, 0.15) is 40.3 Å². The van der Waals surface area contributed by atoms with Crippen LogP contribution >= 0.6 is 12.4 Å². The highest BCUT2D eigenvalue weighted by atomic mass is 35.5. The number of hydrogen-bond acceptors (Lipinski definition) is 3. The van der Waals surface area contributed by atoms with Gasteiger partial charge in [0.15, 0.2) is 0 Å². The van der Waals surface area contributed by atoms with Gasteiger partial charge in [-0.05, 0) is 55.9 Å². The van der Waals surface area contributed by atoms with Crippen molar-refractivity contribution < 1.29 is 4.39 Å². The standard InChI is InChI=1S/C18H20FN5.ClH/c1-10-3-4-14(19)13(7-10)12-8-15-17(11(2)5-6-22-15)16(9-12)23-24-18(20)21;/h3-7,12H,8-9H2,1-2H3,(H4,20,21,24);1H/b23-16-;. The van der Waals surface area contributed by atoms with Gasteiger partial charge in [-0.15, -0.1) is 17.5 Å². The minimum absolute atomic E-state index is 0. The monoisotopic (exact) mass is 361 g/mol. The summed E-state index contributed by atoms with van der Waals surface area (Å²) in [6.45, 7) is 3.95. The SMILES string of the molecule is Cc1ccc(F)c(C2C/C(=N/N=C(N)N)c3c(C)ccnc3C2)c1.Cl. The summed E-state index contributed by atoms with van der Waals surface area (Å²) in [6.07, 6.45) is 3.00. The van der Waals surface area contributed by atoms with Gasteiger partial charge < -0.3 is 11.5 Å².